The van der Waals surface area contributed by atoms with Crippen molar-refractivity contribution in [2.24, 2.45) is 0 Å². The molecule has 4 nitrogen and oxygen atoms in total. The first-order chi connectivity index (χ1) is 11.9. The molecule has 6 heteroatoms. The van der Waals surface area contributed by atoms with Crippen molar-refractivity contribution in [3.63, 3.8) is 0 Å². The highest BCUT2D eigenvalue weighted by Gasteiger charge is 2.26. The highest BCUT2D eigenvalue weighted by Crippen LogP contribution is 2.25. The Kier molecular flexibility index (Phi) is 6.96. The van der Waals surface area contributed by atoms with E-state index < -0.39 is 24.1 Å². The van der Waals surface area contributed by atoms with E-state index in [1.807, 2.05) is 25.1 Å². The number of amides is 1. The minimum Gasteiger partial charge on any atom is -0.480 e. The van der Waals surface area contributed by atoms with Crippen LogP contribution in [0.15, 0.2) is 53.0 Å². The summed E-state index contributed by atoms with van der Waals surface area (Å²) in [5.74, 6) is -0.328. The van der Waals surface area contributed by atoms with Gasteiger partial charge in [0.25, 0.3) is 5.91 Å². The summed E-state index contributed by atoms with van der Waals surface area (Å²) >= 11 is 3.36. The molecule has 0 bridgehead atoms. The molecule has 0 fully saturated rings. The van der Waals surface area contributed by atoms with Crippen LogP contribution in [-0.4, -0.2) is 23.2 Å². The first-order valence-corrected chi connectivity index (χ1v) is 8.87. The van der Waals surface area contributed by atoms with Gasteiger partial charge in [-0.3, -0.25) is 4.79 Å². The van der Waals surface area contributed by atoms with Crippen LogP contribution in [-0.2, 0) is 4.79 Å². The van der Waals surface area contributed by atoms with Gasteiger partial charge in [-0.1, -0.05) is 37.3 Å². The van der Waals surface area contributed by atoms with E-state index in [0.29, 0.717) is 12.2 Å². The summed E-state index contributed by atoms with van der Waals surface area (Å²) in [6.07, 6.45) is -1.45. The number of halogens is 2. The number of benzene rings is 2. The Morgan fingerprint density at radius 1 is 1.24 bits per heavy atom. The SMILES string of the molecule is CC[C@H](NC(=O)[C@@H](C)Oc1ccccc1Br)[C@@H](O)c1ccccc1F. The first kappa shape index (κ1) is 19.4. The summed E-state index contributed by atoms with van der Waals surface area (Å²) in [4.78, 5) is 12.4. The smallest absolute Gasteiger partial charge is 0.261 e. The second-order valence-electron chi connectivity index (χ2n) is 5.68. The molecule has 2 N–H and O–H groups in total. The van der Waals surface area contributed by atoms with Gasteiger partial charge in [-0.2, -0.15) is 0 Å². The summed E-state index contributed by atoms with van der Waals surface area (Å²) in [6, 6.07) is 12.6. The average Bonchev–Trinajstić information content (AvgIpc) is 2.61. The molecule has 2 aromatic carbocycles. The lowest BCUT2D eigenvalue weighted by Gasteiger charge is -2.25. The largest absolute Gasteiger partial charge is 0.480 e. The molecule has 0 unspecified atom stereocenters. The molecule has 0 aromatic heterocycles. The zero-order valence-electron chi connectivity index (χ0n) is 14.1. The van der Waals surface area contributed by atoms with Gasteiger partial charge in [-0.25, -0.2) is 4.39 Å². The van der Waals surface area contributed by atoms with Gasteiger partial charge >= 0.3 is 0 Å². The van der Waals surface area contributed by atoms with Crippen molar-refractivity contribution >= 4 is 21.8 Å². The number of hydrogen-bond acceptors (Lipinski definition) is 3. The Morgan fingerprint density at radius 3 is 2.52 bits per heavy atom. The van der Waals surface area contributed by atoms with Crippen LogP contribution in [0.25, 0.3) is 0 Å². The van der Waals surface area contributed by atoms with Crippen molar-refractivity contribution in [2.45, 2.75) is 38.5 Å². The molecule has 3 atom stereocenters. The minimum absolute atomic E-state index is 0.161. The number of aliphatic hydroxyl groups excluding tert-OH is 1. The van der Waals surface area contributed by atoms with E-state index >= 15 is 0 Å². The van der Waals surface area contributed by atoms with Gasteiger partial charge in [0.1, 0.15) is 17.7 Å². The van der Waals surface area contributed by atoms with E-state index in [0.717, 1.165) is 4.47 Å². The van der Waals surface area contributed by atoms with Crippen LogP contribution in [0, 0.1) is 5.82 Å². The third-order valence-electron chi connectivity index (χ3n) is 3.88. The van der Waals surface area contributed by atoms with Gasteiger partial charge < -0.3 is 15.2 Å². The molecule has 0 aliphatic carbocycles. The number of aliphatic hydroxyl groups is 1. The number of nitrogens with one attached hydrogen (secondary N) is 1. The molecule has 2 rings (SSSR count). The molecule has 0 saturated carbocycles. The quantitative estimate of drug-likeness (QED) is 0.726. The standard InChI is InChI=1S/C19H21BrFNO3/c1-3-16(18(23)13-8-4-6-10-15(13)21)22-19(24)12(2)25-17-11-7-5-9-14(17)20/h4-12,16,18,23H,3H2,1-2H3,(H,22,24)/t12-,16+,18+/m1/s1. The van der Waals surface area contributed by atoms with E-state index in [-0.39, 0.29) is 11.5 Å². The predicted octanol–water partition coefficient (Wildman–Crippen LogP) is 3.98. The summed E-state index contributed by atoms with van der Waals surface area (Å²) in [5, 5.41) is 13.2. The van der Waals surface area contributed by atoms with Crippen molar-refractivity contribution in [1.29, 1.82) is 0 Å². The van der Waals surface area contributed by atoms with Crippen molar-refractivity contribution in [1.82, 2.24) is 5.32 Å². The minimum atomic E-state index is -1.13. The Hall–Kier alpha value is -1.92. The van der Waals surface area contributed by atoms with Crippen LogP contribution in [0.2, 0.25) is 0 Å². The Balaban J connectivity index is 2.04. The fraction of sp³-hybridized carbons (Fsp3) is 0.316. The second-order valence-corrected chi connectivity index (χ2v) is 6.53. The summed E-state index contributed by atoms with van der Waals surface area (Å²) in [5.41, 5.74) is 0.161. The fourth-order valence-electron chi connectivity index (χ4n) is 2.42. The maximum Gasteiger partial charge on any atom is 0.261 e. The first-order valence-electron chi connectivity index (χ1n) is 8.08. The zero-order chi connectivity index (χ0) is 18.4. The van der Waals surface area contributed by atoms with Crippen LogP contribution in [0.3, 0.4) is 0 Å². The van der Waals surface area contributed by atoms with Crippen molar-refractivity contribution in [3.8, 4) is 5.75 Å². The van der Waals surface area contributed by atoms with Crippen LogP contribution in [0.5, 0.6) is 5.75 Å². The second kappa shape index (κ2) is 8.97. The fourth-order valence-corrected chi connectivity index (χ4v) is 2.80. The van der Waals surface area contributed by atoms with Crippen molar-refractivity contribution < 1.29 is 19.0 Å². The molecular weight excluding hydrogens is 389 g/mol. The van der Waals surface area contributed by atoms with E-state index in [2.05, 4.69) is 21.2 Å². The van der Waals surface area contributed by atoms with Crippen molar-refractivity contribution in [2.75, 3.05) is 0 Å². The van der Waals surface area contributed by atoms with Crippen LogP contribution < -0.4 is 10.1 Å². The number of para-hydroxylation sites is 1. The van der Waals surface area contributed by atoms with Crippen molar-refractivity contribution in [3.05, 3.63) is 64.4 Å². The molecular formula is C19H21BrFNO3. The van der Waals surface area contributed by atoms with Gasteiger partial charge in [-0.05, 0) is 47.5 Å². The van der Waals surface area contributed by atoms with Gasteiger partial charge in [0, 0.05) is 5.56 Å². The highest BCUT2D eigenvalue weighted by molar-refractivity contribution is 9.10. The third kappa shape index (κ3) is 5.03. The molecule has 0 saturated heterocycles. The lowest BCUT2D eigenvalue weighted by Crippen LogP contribution is -2.45. The molecule has 25 heavy (non-hydrogen) atoms. The van der Waals surface area contributed by atoms with Gasteiger partial charge in [0.15, 0.2) is 6.10 Å². The molecule has 0 spiro atoms. The molecule has 0 aliphatic rings. The van der Waals surface area contributed by atoms with Crippen LogP contribution in [0.1, 0.15) is 31.9 Å². The number of hydrogen-bond donors (Lipinski definition) is 2. The summed E-state index contributed by atoms with van der Waals surface area (Å²) < 4.78 is 20.3. The number of rotatable bonds is 7. The maximum absolute atomic E-state index is 13.9. The number of carbonyl (C=O) groups excluding carboxylic acids is 1. The molecule has 1 amide bonds. The lowest BCUT2D eigenvalue weighted by atomic mass is 9.99. The number of ether oxygens (including phenoxy) is 1. The van der Waals surface area contributed by atoms with Gasteiger partial charge in [0.2, 0.25) is 0 Å². The Bertz CT molecular complexity index is 725. The normalized spacial score (nSPS) is 14.4. The summed E-state index contributed by atoms with van der Waals surface area (Å²) in [7, 11) is 0. The Labute approximate surface area is 155 Å². The van der Waals surface area contributed by atoms with Gasteiger partial charge in [-0.15, -0.1) is 0 Å². The Morgan fingerprint density at radius 2 is 1.88 bits per heavy atom. The predicted molar refractivity (Wildman–Crippen MR) is 97.8 cm³/mol. The zero-order valence-corrected chi connectivity index (χ0v) is 15.7. The summed E-state index contributed by atoms with van der Waals surface area (Å²) in [6.45, 7) is 3.44. The van der Waals surface area contributed by atoms with E-state index in [9.17, 15) is 14.3 Å². The molecule has 0 radical (unpaired) electrons. The topological polar surface area (TPSA) is 58.6 Å². The molecule has 2 aromatic rings. The highest BCUT2D eigenvalue weighted by atomic mass is 79.9. The molecule has 0 aliphatic heterocycles. The maximum atomic E-state index is 13.9. The van der Waals surface area contributed by atoms with Gasteiger partial charge in [0.05, 0.1) is 10.5 Å². The third-order valence-corrected chi connectivity index (χ3v) is 4.54. The monoisotopic (exact) mass is 409 g/mol. The van der Waals surface area contributed by atoms with E-state index in [1.54, 1.807) is 25.1 Å². The average molecular weight is 410 g/mol. The molecule has 134 valence electrons. The van der Waals surface area contributed by atoms with Crippen LogP contribution in [0.4, 0.5) is 4.39 Å². The number of carbonyl (C=O) groups is 1. The molecule has 0 heterocycles. The van der Waals surface area contributed by atoms with E-state index in [4.69, 9.17) is 4.74 Å². The van der Waals surface area contributed by atoms with E-state index in [1.165, 1.54) is 12.1 Å². The van der Waals surface area contributed by atoms with Crippen LogP contribution >= 0.6 is 15.9 Å². The lowest BCUT2D eigenvalue weighted by molar-refractivity contribution is -0.129.